The maximum atomic E-state index is 12.7. The number of hydrogen-bond acceptors (Lipinski definition) is 4. The zero-order valence-corrected chi connectivity index (χ0v) is 13.8. The standard InChI is InChI=1S/C19H17N3O3/c1-12-5-4-9-22-16(12)20-17(15(18(22)23)19(24)25)21-10-8-13-6-2-3-7-14(13)11-21/h2-7,9H,8,10-11H2,1H3,(H,24,25). The van der Waals surface area contributed by atoms with E-state index in [1.807, 2.05) is 36.1 Å². The molecule has 126 valence electrons. The fraction of sp³-hybridized carbons (Fsp3) is 0.211. The largest absolute Gasteiger partial charge is 0.477 e. The third kappa shape index (κ3) is 2.46. The van der Waals surface area contributed by atoms with Crippen molar-refractivity contribution in [2.45, 2.75) is 19.9 Å². The number of carbonyl (C=O) groups is 1. The summed E-state index contributed by atoms with van der Waals surface area (Å²) in [6, 6.07) is 11.7. The maximum absolute atomic E-state index is 12.7. The number of anilines is 1. The number of carboxylic acid groups (broad SMARTS) is 1. The smallest absolute Gasteiger partial charge is 0.345 e. The van der Waals surface area contributed by atoms with Gasteiger partial charge in [-0.2, -0.15) is 0 Å². The van der Waals surface area contributed by atoms with Gasteiger partial charge in [0.15, 0.2) is 11.4 Å². The predicted octanol–water partition coefficient (Wildman–Crippen LogP) is 2.26. The number of aryl methyl sites for hydroxylation is 1. The van der Waals surface area contributed by atoms with Crippen molar-refractivity contribution in [2.75, 3.05) is 11.4 Å². The number of benzene rings is 1. The van der Waals surface area contributed by atoms with Crippen molar-refractivity contribution in [3.63, 3.8) is 0 Å². The van der Waals surface area contributed by atoms with Crippen molar-refractivity contribution in [1.82, 2.24) is 9.38 Å². The molecule has 0 atom stereocenters. The minimum Gasteiger partial charge on any atom is -0.477 e. The second kappa shape index (κ2) is 5.73. The molecule has 4 rings (SSSR count). The summed E-state index contributed by atoms with van der Waals surface area (Å²) >= 11 is 0. The van der Waals surface area contributed by atoms with E-state index in [1.54, 1.807) is 12.3 Å². The Morgan fingerprint density at radius 1 is 1.16 bits per heavy atom. The van der Waals surface area contributed by atoms with Crippen LogP contribution in [-0.2, 0) is 13.0 Å². The van der Waals surface area contributed by atoms with E-state index in [4.69, 9.17) is 0 Å². The van der Waals surface area contributed by atoms with Crippen molar-refractivity contribution in [2.24, 2.45) is 0 Å². The molecule has 25 heavy (non-hydrogen) atoms. The number of pyridine rings is 1. The summed E-state index contributed by atoms with van der Waals surface area (Å²) in [6.07, 6.45) is 2.35. The molecule has 0 spiro atoms. The van der Waals surface area contributed by atoms with Gasteiger partial charge in [-0.05, 0) is 36.1 Å². The Balaban J connectivity index is 1.92. The van der Waals surface area contributed by atoms with Gasteiger partial charge in [-0.15, -0.1) is 0 Å². The molecule has 1 aliphatic rings. The molecule has 1 aromatic carbocycles. The normalized spacial score (nSPS) is 13.7. The molecule has 0 radical (unpaired) electrons. The van der Waals surface area contributed by atoms with Crippen LogP contribution in [0.3, 0.4) is 0 Å². The van der Waals surface area contributed by atoms with Gasteiger partial charge in [0.2, 0.25) is 0 Å². The fourth-order valence-electron chi connectivity index (χ4n) is 3.38. The van der Waals surface area contributed by atoms with E-state index in [0.29, 0.717) is 18.7 Å². The SMILES string of the molecule is Cc1cccn2c(=O)c(C(=O)O)c(N3CCc4ccccc4C3)nc12. The Morgan fingerprint density at radius 3 is 2.68 bits per heavy atom. The summed E-state index contributed by atoms with van der Waals surface area (Å²) in [5, 5.41) is 9.62. The number of aromatic nitrogens is 2. The highest BCUT2D eigenvalue weighted by Crippen LogP contribution is 2.25. The van der Waals surface area contributed by atoms with Crippen molar-refractivity contribution >= 4 is 17.4 Å². The molecule has 0 unspecified atom stereocenters. The van der Waals surface area contributed by atoms with Crippen LogP contribution in [0.4, 0.5) is 5.82 Å². The molecule has 3 heterocycles. The Labute approximate surface area is 144 Å². The van der Waals surface area contributed by atoms with Crippen molar-refractivity contribution in [1.29, 1.82) is 0 Å². The zero-order valence-electron chi connectivity index (χ0n) is 13.8. The number of fused-ring (bicyclic) bond motifs is 2. The van der Waals surface area contributed by atoms with Gasteiger partial charge in [-0.1, -0.05) is 30.3 Å². The lowest BCUT2D eigenvalue weighted by Crippen LogP contribution is -2.36. The van der Waals surface area contributed by atoms with Crippen molar-refractivity contribution in [3.8, 4) is 0 Å². The lowest BCUT2D eigenvalue weighted by atomic mass is 9.99. The summed E-state index contributed by atoms with van der Waals surface area (Å²) in [5.74, 6) is -0.997. The van der Waals surface area contributed by atoms with Crippen LogP contribution in [-0.4, -0.2) is 27.0 Å². The van der Waals surface area contributed by atoms with Crippen LogP contribution in [0.15, 0.2) is 47.4 Å². The minimum atomic E-state index is -1.25. The molecule has 0 aliphatic carbocycles. The molecule has 0 amide bonds. The molecule has 0 bridgehead atoms. The van der Waals surface area contributed by atoms with Gasteiger partial charge < -0.3 is 10.0 Å². The Morgan fingerprint density at radius 2 is 1.92 bits per heavy atom. The average molecular weight is 335 g/mol. The molecule has 1 N–H and O–H groups in total. The van der Waals surface area contributed by atoms with Crippen LogP contribution in [0, 0.1) is 6.92 Å². The number of hydrogen-bond donors (Lipinski definition) is 1. The third-order valence-corrected chi connectivity index (χ3v) is 4.67. The second-order valence-electron chi connectivity index (χ2n) is 6.25. The van der Waals surface area contributed by atoms with Gasteiger partial charge in [0.05, 0.1) is 0 Å². The topological polar surface area (TPSA) is 74.9 Å². The van der Waals surface area contributed by atoms with E-state index in [-0.39, 0.29) is 11.4 Å². The molecule has 1 aliphatic heterocycles. The summed E-state index contributed by atoms with van der Waals surface area (Å²) in [4.78, 5) is 31.0. The first-order valence-corrected chi connectivity index (χ1v) is 8.13. The van der Waals surface area contributed by atoms with E-state index in [0.717, 1.165) is 17.5 Å². The molecular weight excluding hydrogens is 318 g/mol. The molecule has 0 fully saturated rings. The van der Waals surface area contributed by atoms with Crippen LogP contribution in [0.2, 0.25) is 0 Å². The van der Waals surface area contributed by atoms with Gasteiger partial charge in [0.25, 0.3) is 5.56 Å². The highest BCUT2D eigenvalue weighted by Gasteiger charge is 2.26. The Hall–Kier alpha value is -3.15. The predicted molar refractivity (Wildman–Crippen MR) is 94.4 cm³/mol. The Bertz CT molecular complexity index is 1060. The molecular formula is C19H17N3O3. The fourth-order valence-corrected chi connectivity index (χ4v) is 3.38. The van der Waals surface area contributed by atoms with Gasteiger partial charge in [-0.25, -0.2) is 9.78 Å². The van der Waals surface area contributed by atoms with Gasteiger partial charge in [0.1, 0.15) is 5.65 Å². The number of rotatable bonds is 2. The number of nitrogens with zero attached hydrogens (tertiary/aromatic N) is 3. The first kappa shape index (κ1) is 15.4. The summed E-state index contributed by atoms with van der Waals surface area (Å²) < 4.78 is 1.31. The van der Waals surface area contributed by atoms with Gasteiger partial charge >= 0.3 is 5.97 Å². The molecule has 0 saturated carbocycles. The minimum absolute atomic E-state index is 0.251. The van der Waals surface area contributed by atoms with Crippen LogP contribution >= 0.6 is 0 Å². The van der Waals surface area contributed by atoms with Gasteiger partial charge in [-0.3, -0.25) is 9.20 Å². The van der Waals surface area contributed by atoms with Crippen LogP contribution in [0.5, 0.6) is 0 Å². The quantitative estimate of drug-likeness (QED) is 0.777. The summed E-state index contributed by atoms with van der Waals surface area (Å²) in [5.41, 5.74) is 2.89. The van der Waals surface area contributed by atoms with Crippen LogP contribution in [0.1, 0.15) is 27.0 Å². The van der Waals surface area contributed by atoms with Crippen molar-refractivity contribution in [3.05, 3.63) is 75.2 Å². The van der Waals surface area contributed by atoms with E-state index < -0.39 is 11.5 Å². The first-order valence-electron chi connectivity index (χ1n) is 8.13. The van der Waals surface area contributed by atoms with Gasteiger partial charge in [0, 0.05) is 19.3 Å². The van der Waals surface area contributed by atoms with Crippen LogP contribution < -0.4 is 10.5 Å². The highest BCUT2D eigenvalue weighted by atomic mass is 16.4. The molecule has 2 aromatic heterocycles. The monoisotopic (exact) mass is 335 g/mol. The van der Waals surface area contributed by atoms with Crippen LogP contribution in [0.25, 0.3) is 5.65 Å². The maximum Gasteiger partial charge on any atom is 0.345 e. The number of aromatic carboxylic acids is 1. The molecule has 6 heteroatoms. The molecule has 3 aromatic rings. The molecule has 6 nitrogen and oxygen atoms in total. The summed E-state index contributed by atoms with van der Waals surface area (Å²) in [6.45, 7) is 3.04. The second-order valence-corrected chi connectivity index (χ2v) is 6.25. The zero-order chi connectivity index (χ0) is 17.6. The lowest BCUT2D eigenvalue weighted by Gasteiger charge is -2.30. The summed E-state index contributed by atoms with van der Waals surface area (Å²) in [7, 11) is 0. The first-order chi connectivity index (χ1) is 12.1. The van der Waals surface area contributed by atoms with E-state index in [9.17, 15) is 14.7 Å². The lowest BCUT2D eigenvalue weighted by molar-refractivity contribution is 0.0695. The third-order valence-electron chi connectivity index (χ3n) is 4.67. The Kier molecular flexibility index (Phi) is 3.53. The highest BCUT2D eigenvalue weighted by molar-refractivity contribution is 5.93. The van der Waals surface area contributed by atoms with E-state index >= 15 is 0 Å². The van der Waals surface area contributed by atoms with E-state index in [1.165, 1.54) is 9.96 Å². The number of carboxylic acids is 1. The average Bonchev–Trinajstić information content (AvgIpc) is 2.61. The molecule has 0 saturated heterocycles. The van der Waals surface area contributed by atoms with Crippen molar-refractivity contribution < 1.29 is 9.90 Å². The van der Waals surface area contributed by atoms with E-state index in [2.05, 4.69) is 11.1 Å².